The molecule has 0 aliphatic carbocycles. The van der Waals surface area contributed by atoms with E-state index in [-0.39, 0.29) is 5.91 Å². The van der Waals surface area contributed by atoms with Gasteiger partial charge in [-0.1, -0.05) is 11.6 Å². The third-order valence-electron chi connectivity index (χ3n) is 1.75. The van der Waals surface area contributed by atoms with Crippen LogP contribution in [0.1, 0.15) is 26.5 Å². The minimum atomic E-state index is -0.524. The fraction of sp³-hybridized carbons (Fsp3) is 0.444. The van der Waals surface area contributed by atoms with Crippen LogP contribution >= 0.6 is 11.6 Å². The molecule has 0 aliphatic heterocycles. The van der Waals surface area contributed by atoms with E-state index >= 15 is 0 Å². The molecular formula is C9H12ClN3O. The standard InChI is InChI=1S/C9H12ClN3O/c1-6(14)13-9(2,3)7-4-12-8(10)5-11-7/h4-5H,1-3H3,(H,13,14). The molecule has 1 aromatic heterocycles. The molecule has 0 saturated heterocycles. The van der Waals surface area contributed by atoms with Crippen molar-refractivity contribution >= 4 is 17.5 Å². The molecule has 0 saturated carbocycles. The zero-order chi connectivity index (χ0) is 10.8. The van der Waals surface area contributed by atoms with Gasteiger partial charge >= 0.3 is 0 Å². The van der Waals surface area contributed by atoms with E-state index in [9.17, 15) is 4.79 Å². The van der Waals surface area contributed by atoms with Crippen molar-refractivity contribution in [3.05, 3.63) is 23.2 Å². The van der Waals surface area contributed by atoms with Crippen LogP contribution < -0.4 is 5.32 Å². The summed E-state index contributed by atoms with van der Waals surface area (Å²) in [4.78, 5) is 18.9. The van der Waals surface area contributed by atoms with Crippen molar-refractivity contribution in [2.24, 2.45) is 0 Å². The minimum Gasteiger partial charge on any atom is -0.346 e. The van der Waals surface area contributed by atoms with E-state index in [0.717, 1.165) is 0 Å². The predicted octanol–water partition coefficient (Wildman–Crippen LogP) is 1.50. The second kappa shape index (κ2) is 3.92. The summed E-state index contributed by atoms with van der Waals surface area (Å²) < 4.78 is 0. The first-order valence-electron chi connectivity index (χ1n) is 4.18. The van der Waals surface area contributed by atoms with Crippen LogP contribution in [-0.2, 0) is 10.3 Å². The highest BCUT2D eigenvalue weighted by atomic mass is 35.5. The molecule has 0 aliphatic rings. The normalized spacial score (nSPS) is 11.1. The topological polar surface area (TPSA) is 54.9 Å². The molecule has 0 fully saturated rings. The van der Waals surface area contributed by atoms with E-state index in [1.807, 2.05) is 13.8 Å². The molecule has 0 aromatic carbocycles. The number of carbonyl (C=O) groups is 1. The minimum absolute atomic E-state index is 0.105. The van der Waals surface area contributed by atoms with Crippen LogP contribution in [0.4, 0.5) is 0 Å². The van der Waals surface area contributed by atoms with Crippen molar-refractivity contribution in [2.75, 3.05) is 0 Å². The van der Waals surface area contributed by atoms with E-state index in [1.54, 1.807) is 6.20 Å². The Morgan fingerprint density at radius 1 is 1.43 bits per heavy atom. The van der Waals surface area contributed by atoms with Gasteiger partial charge in [-0.25, -0.2) is 4.98 Å². The van der Waals surface area contributed by atoms with Gasteiger partial charge in [0.25, 0.3) is 0 Å². The Bertz CT molecular complexity index is 334. The van der Waals surface area contributed by atoms with Crippen LogP contribution in [0.2, 0.25) is 5.15 Å². The highest BCUT2D eigenvalue weighted by Gasteiger charge is 2.22. The van der Waals surface area contributed by atoms with Gasteiger partial charge in [-0.05, 0) is 13.8 Å². The number of hydrogen-bond acceptors (Lipinski definition) is 3. The zero-order valence-corrected chi connectivity index (χ0v) is 9.09. The molecule has 0 unspecified atom stereocenters. The molecule has 1 aromatic rings. The number of nitrogens with zero attached hydrogens (tertiary/aromatic N) is 2. The van der Waals surface area contributed by atoms with Crippen molar-refractivity contribution in [3.8, 4) is 0 Å². The van der Waals surface area contributed by atoms with Crippen LogP contribution in [0.25, 0.3) is 0 Å². The maximum Gasteiger partial charge on any atom is 0.217 e. The summed E-state index contributed by atoms with van der Waals surface area (Å²) in [6.07, 6.45) is 3.01. The summed E-state index contributed by atoms with van der Waals surface area (Å²) in [5.41, 5.74) is 0.153. The van der Waals surface area contributed by atoms with Crippen LogP contribution in [0.15, 0.2) is 12.4 Å². The van der Waals surface area contributed by atoms with Gasteiger partial charge in [-0.2, -0.15) is 0 Å². The second-order valence-electron chi connectivity index (χ2n) is 3.53. The van der Waals surface area contributed by atoms with Crippen molar-refractivity contribution in [2.45, 2.75) is 26.3 Å². The number of hydrogen-bond donors (Lipinski definition) is 1. The maximum atomic E-state index is 10.9. The molecule has 0 radical (unpaired) electrons. The molecule has 4 nitrogen and oxygen atoms in total. The lowest BCUT2D eigenvalue weighted by molar-refractivity contribution is -0.120. The zero-order valence-electron chi connectivity index (χ0n) is 8.34. The summed E-state index contributed by atoms with van der Waals surface area (Å²) in [5, 5.41) is 3.11. The van der Waals surface area contributed by atoms with E-state index in [1.165, 1.54) is 13.1 Å². The fourth-order valence-electron chi connectivity index (χ4n) is 1.14. The van der Waals surface area contributed by atoms with Crippen LogP contribution in [-0.4, -0.2) is 15.9 Å². The number of halogens is 1. The highest BCUT2D eigenvalue weighted by molar-refractivity contribution is 6.29. The van der Waals surface area contributed by atoms with Crippen LogP contribution in [0.3, 0.4) is 0 Å². The Morgan fingerprint density at radius 3 is 2.50 bits per heavy atom. The summed E-state index contributed by atoms with van der Waals surface area (Å²) in [6.45, 7) is 5.17. The molecule has 1 N–H and O–H groups in total. The Kier molecular flexibility index (Phi) is 3.06. The lowest BCUT2D eigenvalue weighted by atomic mass is 10.0. The summed E-state index contributed by atoms with van der Waals surface area (Å²) in [5.74, 6) is -0.105. The number of aromatic nitrogens is 2. The first-order chi connectivity index (χ1) is 6.42. The third-order valence-corrected chi connectivity index (χ3v) is 1.94. The first kappa shape index (κ1) is 10.9. The quantitative estimate of drug-likeness (QED) is 0.810. The van der Waals surface area contributed by atoms with Gasteiger partial charge in [0.05, 0.1) is 23.6 Å². The van der Waals surface area contributed by atoms with Gasteiger partial charge in [-0.3, -0.25) is 9.78 Å². The Morgan fingerprint density at radius 2 is 2.07 bits per heavy atom. The van der Waals surface area contributed by atoms with Crippen molar-refractivity contribution in [1.29, 1.82) is 0 Å². The number of carbonyl (C=O) groups excluding carboxylic acids is 1. The lowest BCUT2D eigenvalue weighted by Gasteiger charge is -2.24. The van der Waals surface area contributed by atoms with Crippen molar-refractivity contribution in [3.63, 3.8) is 0 Å². The highest BCUT2D eigenvalue weighted by Crippen LogP contribution is 2.17. The lowest BCUT2D eigenvalue weighted by Crippen LogP contribution is -2.40. The Labute approximate surface area is 87.7 Å². The van der Waals surface area contributed by atoms with Gasteiger partial charge < -0.3 is 5.32 Å². The molecule has 0 bridgehead atoms. The van der Waals surface area contributed by atoms with E-state index in [2.05, 4.69) is 15.3 Å². The molecule has 14 heavy (non-hydrogen) atoms. The largest absolute Gasteiger partial charge is 0.346 e. The van der Waals surface area contributed by atoms with Crippen molar-refractivity contribution < 1.29 is 4.79 Å². The van der Waals surface area contributed by atoms with Crippen LogP contribution in [0, 0.1) is 0 Å². The van der Waals surface area contributed by atoms with Gasteiger partial charge in [-0.15, -0.1) is 0 Å². The molecule has 0 atom stereocenters. The van der Waals surface area contributed by atoms with Gasteiger partial charge in [0.15, 0.2) is 0 Å². The summed E-state index contributed by atoms with van der Waals surface area (Å²) in [6, 6.07) is 0. The first-order valence-corrected chi connectivity index (χ1v) is 4.56. The van der Waals surface area contributed by atoms with E-state index in [0.29, 0.717) is 10.8 Å². The number of nitrogens with one attached hydrogen (secondary N) is 1. The number of rotatable bonds is 2. The predicted molar refractivity (Wildman–Crippen MR) is 53.9 cm³/mol. The summed E-state index contributed by atoms with van der Waals surface area (Å²) >= 11 is 5.61. The number of amides is 1. The average molecular weight is 214 g/mol. The molecule has 0 spiro atoms. The monoisotopic (exact) mass is 213 g/mol. The van der Waals surface area contributed by atoms with Crippen molar-refractivity contribution in [1.82, 2.24) is 15.3 Å². The Hall–Kier alpha value is -1.16. The maximum absolute atomic E-state index is 10.9. The van der Waals surface area contributed by atoms with E-state index < -0.39 is 5.54 Å². The Balaban J connectivity index is 2.91. The molecule has 1 heterocycles. The molecular weight excluding hydrogens is 202 g/mol. The molecule has 1 amide bonds. The van der Waals surface area contributed by atoms with Gasteiger partial charge in [0.2, 0.25) is 5.91 Å². The third kappa shape index (κ3) is 2.67. The molecule has 76 valence electrons. The van der Waals surface area contributed by atoms with Gasteiger partial charge in [0, 0.05) is 6.92 Å². The smallest absolute Gasteiger partial charge is 0.217 e. The molecule has 5 heteroatoms. The second-order valence-corrected chi connectivity index (χ2v) is 3.92. The average Bonchev–Trinajstić information content (AvgIpc) is 2.02. The van der Waals surface area contributed by atoms with E-state index in [4.69, 9.17) is 11.6 Å². The fourth-order valence-corrected chi connectivity index (χ4v) is 1.24. The molecule has 1 rings (SSSR count). The van der Waals surface area contributed by atoms with Crippen LogP contribution in [0.5, 0.6) is 0 Å². The SMILES string of the molecule is CC(=O)NC(C)(C)c1cnc(Cl)cn1. The summed E-state index contributed by atoms with van der Waals surface area (Å²) in [7, 11) is 0. The van der Waals surface area contributed by atoms with Gasteiger partial charge in [0.1, 0.15) is 5.15 Å².